The monoisotopic (exact) mass is 506 g/mol. The topological polar surface area (TPSA) is 116 Å². The molecule has 37 heavy (non-hydrogen) atoms. The Labute approximate surface area is 215 Å². The van der Waals surface area contributed by atoms with Gasteiger partial charge in [-0.1, -0.05) is 24.3 Å². The number of hydrogen-bond donors (Lipinski definition) is 2. The van der Waals surface area contributed by atoms with Crippen molar-refractivity contribution < 1.29 is 23.5 Å². The molecule has 2 aromatic carbocycles. The van der Waals surface area contributed by atoms with Gasteiger partial charge in [0.2, 0.25) is 5.91 Å². The maximum atomic E-state index is 13.5. The largest absolute Gasteiger partial charge is 0.458 e. The van der Waals surface area contributed by atoms with Crippen LogP contribution in [-0.4, -0.2) is 39.0 Å². The third-order valence-corrected chi connectivity index (χ3v) is 5.29. The van der Waals surface area contributed by atoms with Crippen LogP contribution in [0.5, 0.6) is 0 Å². The summed E-state index contributed by atoms with van der Waals surface area (Å²) in [5.41, 5.74) is 7.24. The van der Waals surface area contributed by atoms with Crippen molar-refractivity contribution in [3.05, 3.63) is 89.8 Å². The number of amides is 2. The van der Waals surface area contributed by atoms with E-state index in [-0.39, 0.29) is 18.7 Å². The van der Waals surface area contributed by atoms with Crippen LogP contribution < -0.4 is 11.1 Å². The van der Waals surface area contributed by atoms with Gasteiger partial charge in [-0.2, -0.15) is 0 Å². The van der Waals surface area contributed by atoms with E-state index >= 15 is 0 Å². The van der Waals surface area contributed by atoms with Crippen LogP contribution in [0.3, 0.4) is 0 Å². The first kappa shape index (κ1) is 27.3. The van der Waals surface area contributed by atoms with Crippen molar-refractivity contribution in [1.82, 2.24) is 14.9 Å². The van der Waals surface area contributed by atoms with Gasteiger partial charge in [-0.25, -0.2) is 14.2 Å². The van der Waals surface area contributed by atoms with Gasteiger partial charge >= 0.3 is 5.97 Å². The highest BCUT2D eigenvalue weighted by Gasteiger charge is 2.27. The average Bonchev–Trinajstić information content (AvgIpc) is 3.34. The van der Waals surface area contributed by atoms with Crippen LogP contribution in [-0.2, 0) is 20.9 Å². The molecule has 0 aliphatic carbocycles. The lowest BCUT2D eigenvalue weighted by atomic mass is 10.0. The van der Waals surface area contributed by atoms with Gasteiger partial charge in [0, 0.05) is 30.9 Å². The third-order valence-electron chi connectivity index (χ3n) is 5.29. The molecule has 1 aromatic heterocycles. The molecular weight excluding hydrogens is 475 g/mol. The number of hydrogen-bond acceptors (Lipinski definition) is 5. The summed E-state index contributed by atoms with van der Waals surface area (Å²) in [6.07, 6.45) is 7.03. The SMILES string of the molecule is CC(C)(C)OC(=O)[C@H](CCC(N)=O)NC(=O)c1cccc(C=C(Cn2ccnc2)c2ccc(F)cc2)c1. The molecule has 9 heteroatoms. The van der Waals surface area contributed by atoms with E-state index in [0.29, 0.717) is 12.1 Å². The quantitative estimate of drug-likeness (QED) is 0.319. The number of imidazole rings is 1. The molecule has 194 valence electrons. The summed E-state index contributed by atoms with van der Waals surface area (Å²) in [4.78, 5) is 41.1. The number of nitrogens with zero attached hydrogens (tertiary/aromatic N) is 2. The van der Waals surface area contributed by atoms with Crippen molar-refractivity contribution in [3.63, 3.8) is 0 Å². The van der Waals surface area contributed by atoms with Crippen LogP contribution in [0.15, 0.2) is 67.3 Å². The van der Waals surface area contributed by atoms with Crippen LogP contribution in [0.25, 0.3) is 11.6 Å². The van der Waals surface area contributed by atoms with E-state index in [1.54, 1.807) is 63.6 Å². The molecule has 0 bridgehead atoms. The lowest BCUT2D eigenvalue weighted by Crippen LogP contribution is -2.44. The molecule has 1 atom stereocenters. The minimum atomic E-state index is -1.03. The van der Waals surface area contributed by atoms with Crippen molar-refractivity contribution in [2.24, 2.45) is 5.73 Å². The minimum absolute atomic E-state index is 0.0230. The van der Waals surface area contributed by atoms with E-state index < -0.39 is 29.4 Å². The molecule has 0 saturated carbocycles. The van der Waals surface area contributed by atoms with Crippen molar-refractivity contribution >= 4 is 29.4 Å². The number of allylic oxidation sites excluding steroid dienone is 1. The van der Waals surface area contributed by atoms with E-state index in [2.05, 4.69) is 10.3 Å². The van der Waals surface area contributed by atoms with E-state index in [1.807, 2.05) is 22.9 Å². The molecule has 0 unspecified atom stereocenters. The van der Waals surface area contributed by atoms with E-state index in [1.165, 1.54) is 12.1 Å². The molecule has 0 radical (unpaired) electrons. The van der Waals surface area contributed by atoms with Crippen molar-refractivity contribution in [2.75, 3.05) is 0 Å². The van der Waals surface area contributed by atoms with E-state index in [9.17, 15) is 18.8 Å². The van der Waals surface area contributed by atoms with Crippen LogP contribution in [0.2, 0.25) is 0 Å². The van der Waals surface area contributed by atoms with Crippen molar-refractivity contribution in [3.8, 4) is 0 Å². The van der Waals surface area contributed by atoms with Crippen LogP contribution in [0.1, 0.15) is 55.1 Å². The summed E-state index contributed by atoms with van der Waals surface area (Å²) in [6, 6.07) is 12.0. The second-order valence-corrected chi connectivity index (χ2v) is 9.60. The lowest BCUT2D eigenvalue weighted by molar-refractivity contribution is -0.157. The summed E-state index contributed by atoms with van der Waals surface area (Å²) < 4.78 is 20.8. The van der Waals surface area contributed by atoms with Gasteiger partial charge < -0.3 is 20.4 Å². The Morgan fingerprint density at radius 3 is 2.49 bits per heavy atom. The van der Waals surface area contributed by atoms with Gasteiger partial charge in [0.05, 0.1) is 6.33 Å². The Bertz CT molecular complexity index is 1260. The lowest BCUT2D eigenvalue weighted by Gasteiger charge is -2.24. The smallest absolute Gasteiger partial charge is 0.329 e. The number of carbonyl (C=O) groups is 3. The number of carbonyl (C=O) groups excluding carboxylic acids is 3. The number of esters is 1. The van der Waals surface area contributed by atoms with Crippen LogP contribution in [0, 0.1) is 5.82 Å². The Balaban J connectivity index is 1.85. The third kappa shape index (κ3) is 8.71. The van der Waals surface area contributed by atoms with Gasteiger partial charge in [0.15, 0.2) is 0 Å². The zero-order chi connectivity index (χ0) is 27.0. The molecule has 1 heterocycles. The van der Waals surface area contributed by atoms with E-state index in [0.717, 1.165) is 16.7 Å². The molecule has 3 rings (SSSR count). The summed E-state index contributed by atoms with van der Waals surface area (Å²) >= 11 is 0. The predicted octanol–water partition coefficient (Wildman–Crippen LogP) is 3.97. The minimum Gasteiger partial charge on any atom is -0.458 e. The fourth-order valence-corrected chi connectivity index (χ4v) is 3.58. The van der Waals surface area contributed by atoms with Crippen LogP contribution >= 0.6 is 0 Å². The highest BCUT2D eigenvalue weighted by molar-refractivity contribution is 5.97. The zero-order valence-electron chi connectivity index (χ0n) is 21.1. The highest BCUT2D eigenvalue weighted by Crippen LogP contribution is 2.22. The number of primary amides is 1. The van der Waals surface area contributed by atoms with Crippen molar-refractivity contribution in [1.29, 1.82) is 0 Å². The van der Waals surface area contributed by atoms with Gasteiger partial charge in [-0.15, -0.1) is 0 Å². The molecule has 0 fully saturated rings. The summed E-state index contributed by atoms with van der Waals surface area (Å²) in [5.74, 6) is -2.05. The molecule has 0 saturated heterocycles. The number of nitrogens with one attached hydrogen (secondary N) is 1. The highest BCUT2D eigenvalue weighted by atomic mass is 19.1. The maximum absolute atomic E-state index is 13.5. The molecule has 2 amide bonds. The summed E-state index contributed by atoms with van der Waals surface area (Å²) in [6.45, 7) is 5.64. The standard InChI is InChI=1S/C28H31FN4O4/c1-28(2,3)37-27(36)24(11-12-25(30)34)32-26(35)21-6-4-5-19(15-21)16-22(17-33-14-13-31-18-33)20-7-9-23(29)10-8-20/h4-10,13-16,18,24H,11-12,17H2,1-3H3,(H2,30,34)(H,32,35)/t24-/m0/s1. The predicted molar refractivity (Wildman–Crippen MR) is 138 cm³/mol. The summed E-state index contributed by atoms with van der Waals surface area (Å²) in [7, 11) is 0. The first-order valence-corrected chi connectivity index (χ1v) is 11.8. The van der Waals surface area contributed by atoms with E-state index in [4.69, 9.17) is 10.5 Å². The number of nitrogens with two attached hydrogens (primary N) is 1. The zero-order valence-corrected chi connectivity index (χ0v) is 21.1. The Morgan fingerprint density at radius 1 is 1.14 bits per heavy atom. The van der Waals surface area contributed by atoms with Gasteiger partial charge in [-0.3, -0.25) is 9.59 Å². The first-order chi connectivity index (χ1) is 17.5. The number of rotatable bonds is 10. The van der Waals surface area contributed by atoms with Crippen LogP contribution in [0.4, 0.5) is 4.39 Å². The Morgan fingerprint density at radius 2 is 1.86 bits per heavy atom. The number of halogens is 1. The molecule has 0 aliphatic heterocycles. The van der Waals surface area contributed by atoms with Gasteiger partial charge in [0.1, 0.15) is 17.5 Å². The molecule has 3 aromatic rings. The summed E-state index contributed by atoms with van der Waals surface area (Å²) in [5, 5.41) is 2.67. The molecule has 3 N–H and O–H groups in total. The second kappa shape index (κ2) is 12.1. The number of ether oxygens (including phenoxy) is 1. The molecular formula is C28H31FN4O4. The molecule has 8 nitrogen and oxygen atoms in total. The van der Waals surface area contributed by atoms with Crippen molar-refractivity contribution in [2.45, 2.75) is 51.8 Å². The van der Waals surface area contributed by atoms with Gasteiger partial charge in [0.25, 0.3) is 5.91 Å². The maximum Gasteiger partial charge on any atom is 0.329 e. The number of benzene rings is 2. The molecule has 0 spiro atoms. The molecule has 0 aliphatic rings. The average molecular weight is 507 g/mol. The number of aromatic nitrogens is 2. The fraction of sp³-hybridized carbons (Fsp3) is 0.286. The normalized spacial score (nSPS) is 12.6. The fourth-order valence-electron chi connectivity index (χ4n) is 3.58. The second-order valence-electron chi connectivity index (χ2n) is 9.60. The van der Waals surface area contributed by atoms with Gasteiger partial charge in [-0.05, 0) is 74.2 Å². The Kier molecular flexibility index (Phi) is 8.95. The Hall–Kier alpha value is -4.27. The first-order valence-electron chi connectivity index (χ1n) is 11.8.